The number of hydrogen-bond donors (Lipinski definition) is 3. The normalized spacial score (nSPS) is 16.6. The van der Waals surface area contributed by atoms with Crippen LogP contribution in [0.2, 0.25) is 0 Å². The summed E-state index contributed by atoms with van der Waals surface area (Å²) in [6, 6.07) is -3.16. The Kier molecular flexibility index (Phi) is 13.6. The van der Waals surface area contributed by atoms with Crippen LogP contribution in [0.3, 0.4) is 0 Å². The van der Waals surface area contributed by atoms with E-state index in [0.717, 1.165) is 19.3 Å². The molecule has 0 aliphatic rings. The Labute approximate surface area is 175 Å². The van der Waals surface area contributed by atoms with Crippen LogP contribution in [0.15, 0.2) is 0 Å². The Hall–Kier alpha value is -1.63. The lowest BCUT2D eigenvalue weighted by Gasteiger charge is -2.49. The second-order valence-corrected chi connectivity index (χ2v) is 7.98. The molecule has 0 bridgehead atoms. The summed E-state index contributed by atoms with van der Waals surface area (Å²) in [6.07, 6.45) is 8.96. The van der Waals surface area contributed by atoms with Crippen LogP contribution in [0.25, 0.3) is 0 Å². The van der Waals surface area contributed by atoms with Crippen LogP contribution in [-0.2, 0) is 14.4 Å². The third-order valence-electron chi connectivity index (χ3n) is 6.16. The fourth-order valence-electron chi connectivity index (χ4n) is 4.80. The second-order valence-electron chi connectivity index (χ2n) is 7.98. The quantitative estimate of drug-likeness (QED) is 0.223. The van der Waals surface area contributed by atoms with Crippen molar-refractivity contribution in [2.45, 2.75) is 116 Å². The van der Waals surface area contributed by atoms with Gasteiger partial charge in [-0.3, -0.25) is 4.48 Å². The zero-order valence-electron chi connectivity index (χ0n) is 18.7. The van der Waals surface area contributed by atoms with Crippen molar-refractivity contribution in [3.8, 4) is 0 Å². The van der Waals surface area contributed by atoms with Crippen LogP contribution < -0.4 is 0 Å². The van der Waals surface area contributed by atoms with Gasteiger partial charge in [-0.1, -0.05) is 66.2 Å². The molecule has 3 N–H and O–H groups in total. The highest BCUT2D eigenvalue weighted by Crippen LogP contribution is 2.32. The van der Waals surface area contributed by atoms with Crippen LogP contribution in [0, 0.1) is 0 Å². The molecule has 0 radical (unpaired) electrons. The Bertz CT molecular complexity index is 452. The fourth-order valence-corrected chi connectivity index (χ4v) is 4.80. The maximum atomic E-state index is 12.1. The van der Waals surface area contributed by atoms with E-state index < -0.39 is 40.5 Å². The molecule has 0 aromatic carbocycles. The second kappa shape index (κ2) is 14.4. The summed E-state index contributed by atoms with van der Waals surface area (Å²) in [5, 5.41) is 29.6. The number of unbranched alkanes of at least 4 members (excludes halogenated alkanes) is 7. The van der Waals surface area contributed by atoms with Crippen molar-refractivity contribution >= 4 is 17.9 Å². The zero-order valence-corrected chi connectivity index (χ0v) is 18.7. The van der Waals surface area contributed by atoms with Gasteiger partial charge in [0.05, 0.1) is 6.54 Å². The molecule has 3 atom stereocenters. The summed E-state index contributed by atoms with van der Waals surface area (Å²) < 4.78 is -0.403. The van der Waals surface area contributed by atoms with Gasteiger partial charge in [0.1, 0.15) is 0 Å². The van der Waals surface area contributed by atoms with Gasteiger partial charge in [0.15, 0.2) is 18.1 Å². The highest BCUT2D eigenvalue weighted by Gasteiger charge is 2.55. The summed E-state index contributed by atoms with van der Waals surface area (Å²) in [6.45, 7) is 7.52. The average Bonchev–Trinajstić information content (AvgIpc) is 2.64. The number of nitrogens with zero attached hydrogens (tertiary/aromatic N) is 1. The molecule has 7 heteroatoms. The molecule has 0 fully saturated rings. The van der Waals surface area contributed by atoms with Gasteiger partial charge in [-0.15, -0.1) is 0 Å². The van der Waals surface area contributed by atoms with Gasteiger partial charge in [-0.25, -0.2) is 14.4 Å². The van der Waals surface area contributed by atoms with Crippen molar-refractivity contribution < 1.29 is 34.2 Å². The number of carbonyl (C=O) groups is 3. The van der Waals surface area contributed by atoms with Crippen LogP contribution in [-0.4, -0.2) is 62.4 Å². The predicted octanol–water partition coefficient (Wildman–Crippen LogP) is 4.53. The number of carboxylic acid groups (broad SMARTS) is 3. The van der Waals surface area contributed by atoms with Gasteiger partial charge in [0.2, 0.25) is 0 Å². The smallest absolute Gasteiger partial charge is 0.362 e. The number of aliphatic carboxylic acids is 3. The molecule has 0 saturated heterocycles. The lowest BCUT2D eigenvalue weighted by Crippen LogP contribution is -2.72. The Morgan fingerprint density at radius 1 is 0.586 bits per heavy atom. The molecule has 0 aromatic rings. The highest BCUT2D eigenvalue weighted by atomic mass is 16.4. The van der Waals surface area contributed by atoms with Crippen molar-refractivity contribution in [3.63, 3.8) is 0 Å². The minimum Gasteiger partial charge on any atom is -0.477 e. The summed E-state index contributed by atoms with van der Waals surface area (Å²) in [5.74, 6) is -3.36. The van der Waals surface area contributed by atoms with Crippen molar-refractivity contribution in [1.82, 2.24) is 0 Å². The molecule has 0 amide bonds. The SMILES string of the molecule is CCCCCCCCCC[N+](C(CC)C(=O)O)(C(CC)C(=O)O)C(CC)C(=O)O. The van der Waals surface area contributed by atoms with Gasteiger partial charge < -0.3 is 15.3 Å². The van der Waals surface area contributed by atoms with Crippen molar-refractivity contribution in [2.24, 2.45) is 0 Å². The lowest BCUT2D eigenvalue weighted by molar-refractivity contribution is -0.973. The third kappa shape index (κ3) is 7.61. The maximum Gasteiger partial charge on any atom is 0.362 e. The topological polar surface area (TPSA) is 112 Å². The number of hydrogen-bond acceptors (Lipinski definition) is 3. The standard InChI is InChI=1S/C22H41NO6/c1-5-9-10-11-12-13-14-15-16-23(17(6-2)20(24)25,18(7-3)21(26)27)19(8-4)22(28)29/h17-19H,5-16H2,1-4H3,(H2-,24,25,26,27,28,29)/p+1. The number of carboxylic acids is 3. The number of rotatable bonds is 18. The largest absolute Gasteiger partial charge is 0.477 e. The monoisotopic (exact) mass is 416 g/mol. The van der Waals surface area contributed by atoms with Gasteiger partial charge >= 0.3 is 17.9 Å². The van der Waals surface area contributed by atoms with E-state index in [9.17, 15) is 29.7 Å². The molecule has 0 saturated carbocycles. The van der Waals surface area contributed by atoms with Crippen LogP contribution in [0.5, 0.6) is 0 Å². The van der Waals surface area contributed by atoms with E-state index in [1.807, 2.05) is 0 Å². The number of quaternary nitrogens is 1. The molecule has 0 aliphatic heterocycles. The first-order valence-corrected chi connectivity index (χ1v) is 11.3. The molecule has 170 valence electrons. The Balaban J connectivity index is 5.71. The van der Waals surface area contributed by atoms with Gasteiger partial charge in [-0.05, 0) is 12.8 Å². The predicted molar refractivity (Wildman–Crippen MR) is 113 cm³/mol. The first-order chi connectivity index (χ1) is 13.7. The van der Waals surface area contributed by atoms with E-state index in [2.05, 4.69) is 6.92 Å². The van der Waals surface area contributed by atoms with E-state index in [4.69, 9.17) is 0 Å². The summed E-state index contributed by atoms with van der Waals surface area (Å²) in [7, 11) is 0. The molecule has 3 unspecified atom stereocenters. The minimum absolute atomic E-state index is 0.194. The van der Waals surface area contributed by atoms with Crippen molar-refractivity contribution in [2.75, 3.05) is 6.54 Å². The molecule has 0 aliphatic carbocycles. The van der Waals surface area contributed by atoms with Gasteiger partial charge in [0.25, 0.3) is 0 Å². The van der Waals surface area contributed by atoms with Crippen LogP contribution in [0.1, 0.15) is 98.3 Å². The summed E-state index contributed by atoms with van der Waals surface area (Å²) >= 11 is 0. The molecule has 0 spiro atoms. The van der Waals surface area contributed by atoms with Crippen LogP contribution >= 0.6 is 0 Å². The molecule has 0 heterocycles. The molecule has 7 nitrogen and oxygen atoms in total. The zero-order chi connectivity index (χ0) is 22.4. The third-order valence-corrected chi connectivity index (χ3v) is 6.16. The molecule has 0 rings (SSSR count). The molecular formula is C22H42NO6+. The average molecular weight is 417 g/mol. The van der Waals surface area contributed by atoms with E-state index in [1.54, 1.807) is 20.8 Å². The van der Waals surface area contributed by atoms with Gasteiger partial charge in [-0.2, -0.15) is 0 Å². The molecular weight excluding hydrogens is 374 g/mol. The Morgan fingerprint density at radius 2 is 0.897 bits per heavy atom. The van der Waals surface area contributed by atoms with Crippen molar-refractivity contribution in [3.05, 3.63) is 0 Å². The highest BCUT2D eigenvalue weighted by molar-refractivity contribution is 5.78. The van der Waals surface area contributed by atoms with E-state index >= 15 is 0 Å². The van der Waals surface area contributed by atoms with E-state index in [0.29, 0.717) is 6.42 Å². The minimum atomic E-state index is -1.12. The van der Waals surface area contributed by atoms with E-state index in [-0.39, 0.29) is 25.8 Å². The summed E-state index contributed by atoms with van der Waals surface area (Å²) in [5.41, 5.74) is 0. The van der Waals surface area contributed by atoms with Crippen LogP contribution in [0.4, 0.5) is 0 Å². The Morgan fingerprint density at radius 3 is 1.17 bits per heavy atom. The molecule has 29 heavy (non-hydrogen) atoms. The fraction of sp³-hybridized carbons (Fsp3) is 0.864. The van der Waals surface area contributed by atoms with Crippen molar-refractivity contribution in [1.29, 1.82) is 0 Å². The van der Waals surface area contributed by atoms with Gasteiger partial charge in [0, 0.05) is 19.3 Å². The maximum absolute atomic E-state index is 12.1. The summed E-state index contributed by atoms with van der Waals surface area (Å²) in [4.78, 5) is 36.3. The molecule has 0 aromatic heterocycles. The first-order valence-electron chi connectivity index (χ1n) is 11.3. The lowest BCUT2D eigenvalue weighted by atomic mass is 9.93. The first kappa shape index (κ1) is 27.4. The van der Waals surface area contributed by atoms with E-state index in [1.165, 1.54) is 25.7 Å².